The van der Waals surface area contributed by atoms with Crippen LogP contribution >= 0.6 is 0 Å². The molecule has 0 bridgehead atoms. The lowest BCUT2D eigenvalue weighted by Crippen LogP contribution is -2.58. The second kappa shape index (κ2) is 4.12. The summed E-state index contributed by atoms with van der Waals surface area (Å²) in [4.78, 5) is 22.9. The van der Waals surface area contributed by atoms with Crippen molar-refractivity contribution >= 4 is 11.8 Å². The van der Waals surface area contributed by atoms with E-state index in [9.17, 15) is 18.4 Å². The van der Waals surface area contributed by atoms with Crippen LogP contribution in [0.1, 0.15) is 13.3 Å². The molecule has 1 radical (unpaired) electrons. The van der Waals surface area contributed by atoms with Gasteiger partial charge in [-0.2, -0.15) is 0 Å². The molecule has 2 N–H and O–H groups in total. The Balaban J connectivity index is 2.24. The molecule has 4 nitrogen and oxygen atoms in total. The highest BCUT2D eigenvalue weighted by atomic mass is 19.3. The maximum absolute atomic E-state index is 12.4. The molecule has 85 valence electrons. The first-order valence-corrected chi connectivity index (χ1v) is 4.61. The third kappa shape index (κ3) is 3.14. The van der Waals surface area contributed by atoms with Crippen LogP contribution in [0.4, 0.5) is 8.78 Å². The summed E-state index contributed by atoms with van der Waals surface area (Å²) in [5.74, 6) is -4.17. The predicted octanol–water partition coefficient (Wildman–Crippen LogP) is 0.180. The van der Waals surface area contributed by atoms with E-state index in [1.165, 1.54) is 6.42 Å². The molecule has 2 amide bonds. The summed E-state index contributed by atoms with van der Waals surface area (Å²) < 4.78 is 24.8. The Morgan fingerprint density at radius 1 is 1.53 bits per heavy atom. The van der Waals surface area contributed by atoms with Crippen molar-refractivity contribution in [1.82, 2.24) is 4.90 Å². The van der Waals surface area contributed by atoms with Gasteiger partial charge in [0, 0.05) is 5.92 Å². The summed E-state index contributed by atoms with van der Waals surface area (Å²) in [6, 6.07) is 0. The van der Waals surface area contributed by atoms with Crippen LogP contribution in [0.15, 0.2) is 0 Å². The number of amides is 2. The number of halogens is 2. The van der Waals surface area contributed by atoms with Crippen LogP contribution in [-0.2, 0) is 9.59 Å². The van der Waals surface area contributed by atoms with E-state index < -0.39 is 36.7 Å². The first-order valence-electron chi connectivity index (χ1n) is 4.61. The molecule has 1 saturated heterocycles. The van der Waals surface area contributed by atoms with E-state index in [2.05, 4.69) is 0 Å². The SMILES string of the molecule is C[C@@H](C[CH]C(=O)N1CC(F)(F)C1)C(N)=O. The lowest BCUT2D eigenvalue weighted by molar-refractivity contribution is -0.162. The van der Waals surface area contributed by atoms with E-state index in [1.807, 2.05) is 0 Å². The van der Waals surface area contributed by atoms with Crippen LogP contribution in [0.2, 0.25) is 0 Å². The van der Waals surface area contributed by atoms with Gasteiger partial charge in [-0.05, 0) is 6.42 Å². The molecule has 0 saturated carbocycles. The van der Waals surface area contributed by atoms with Crippen molar-refractivity contribution in [2.45, 2.75) is 19.3 Å². The van der Waals surface area contributed by atoms with Gasteiger partial charge < -0.3 is 10.6 Å². The normalized spacial score (nSPS) is 20.6. The minimum absolute atomic E-state index is 0.191. The van der Waals surface area contributed by atoms with Crippen molar-refractivity contribution < 1.29 is 18.4 Å². The van der Waals surface area contributed by atoms with Crippen molar-refractivity contribution in [1.29, 1.82) is 0 Å². The molecule has 0 aromatic rings. The lowest BCUT2D eigenvalue weighted by atomic mass is 10.0. The van der Waals surface area contributed by atoms with Crippen LogP contribution in [-0.4, -0.2) is 35.7 Å². The third-order valence-electron chi connectivity index (χ3n) is 2.29. The molecular weight excluding hydrogens is 206 g/mol. The van der Waals surface area contributed by atoms with Crippen molar-refractivity contribution in [2.24, 2.45) is 11.7 Å². The van der Waals surface area contributed by atoms with E-state index in [0.717, 1.165) is 4.90 Å². The van der Waals surface area contributed by atoms with Gasteiger partial charge in [0.05, 0.1) is 19.5 Å². The highest BCUT2D eigenvalue weighted by Gasteiger charge is 2.45. The van der Waals surface area contributed by atoms with Crippen molar-refractivity contribution in [2.75, 3.05) is 13.1 Å². The van der Waals surface area contributed by atoms with Gasteiger partial charge in [0.1, 0.15) is 0 Å². The van der Waals surface area contributed by atoms with Gasteiger partial charge in [0.25, 0.3) is 5.92 Å². The third-order valence-corrected chi connectivity index (χ3v) is 2.29. The molecule has 1 aliphatic rings. The molecule has 0 aromatic carbocycles. The summed E-state index contributed by atoms with van der Waals surface area (Å²) in [6.45, 7) is 0.511. The molecular formula is C9H13F2N2O2. The number of likely N-dealkylation sites (tertiary alicyclic amines) is 1. The van der Waals surface area contributed by atoms with E-state index in [4.69, 9.17) is 5.73 Å². The lowest BCUT2D eigenvalue weighted by Gasteiger charge is -2.38. The molecule has 1 fully saturated rings. The van der Waals surface area contributed by atoms with E-state index in [0.29, 0.717) is 0 Å². The molecule has 6 heteroatoms. The van der Waals surface area contributed by atoms with Crippen LogP contribution < -0.4 is 5.73 Å². The molecule has 15 heavy (non-hydrogen) atoms. The monoisotopic (exact) mass is 219 g/mol. The minimum Gasteiger partial charge on any atom is -0.369 e. The smallest absolute Gasteiger partial charge is 0.282 e. The van der Waals surface area contributed by atoms with Gasteiger partial charge >= 0.3 is 0 Å². The van der Waals surface area contributed by atoms with Gasteiger partial charge in [0.2, 0.25) is 11.8 Å². The van der Waals surface area contributed by atoms with E-state index in [-0.39, 0.29) is 6.42 Å². The molecule has 1 heterocycles. The van der Waals surface area contributed by atoms with Gasteiger partial charge in [-0.15, -0.1) is 0 Å². The maximum atomic E-state index is 12.4. The molecule has 0 aromatic heterocycles. The number of carbonyl (C=O) groups excluding carboxylic acids is 2. The first-order chi connectivity index (χ1) is 6.82. The fraction of sp³-hybridized carbons (Fsp3) is 0.667. The summed E-state index contributed by atoms with van der Waals surface area (Å²) in [7, 11) is 0. The number of carbonyl (C=O) groups is 2. The first kappa shape index (κ1) is 11.9. The number of primary amides is 1. The number of alkyl halides is 2. The van der Waals surface area contributed by atoms with Crippen molar-refractivity contribution in [3.05, 3.63) is 6.42 Å². The molecule has 1 aliphatic heterocycles. The summed E-state index contributed by atoms with van der Waals surface area (Å²) in [5, 5.41) is 0. The zero-order valence-electron chi connectivity index (χ0n) is 8.37. The number of nitrogens with two attached hydrogens (primary N) is 1. The number of rotatable bonds is 4. The fourth-order valence-corrected chi connectivity index (χ4v) is 1.19. The highest BCUT2D eigenvalue weighted by molar-refractivity contribution is 5.86. The number of hydrogen-bond acceptors (Lipinski definition) is 2. The quantitative estimate of drug-likeness (QED) is 0.733. The maximum Gasteiger partial charge on any atom is 0.282 e. The standard InChI is InChI=1S/C9H13F2N2O2/c1-6(8(12)15)2-3-7(14)13-4-9(10,11)5-13/h3,6H,2,4-5H2,1H3,(H2,12,15)/t6-/m0/s1. The van der Waals surface area contributed by atoms with Crippen LogP contribution in [0.3, 0.4) is 0 Å². The zero-order chi connectivity index (χ0) is 11.6. The van der Waals surface area contributed by atoms with Crippen LogP contribution in [0, 0.1) is 12.3 Å². The van der Waals surface area contributed by atoms with Gasteiger partial charge in [-0.25, -0.2) is 8.78 Å². The van der Waals surface area contributed by atoms with E-state index in [1.54, 1.807) is 6.92 Å². The van der Waals surface area contributed by atoms with Gasteiger partial charge in [-0.3, -0.25) is 9.59 Å². The topological polar surface area (TPSA) is 63.4 Å². The summed E-state index contributed by atoms with van der Waals surface area (Å²) in [6.07, 6.45) is 1.42. The number of nitrogens with zero attached hydrogens (tertiary/aromatic N) is 1. The average Bonchev–Trinajstić information content (AvgIpc) is 2.09. The Bertz CT molecular complexity index is 273. The summed E-state index contributed by atoms with van der Waals surface area (Å²) in [5.41, 5.74) is 4.98. The van der Waals surface area contributed by atoms with Crippen LogP contribution in [0.25, 0.3) is 0 Å². The Hall–Kier alpha value is -1.20. The molecule has 0 spiro atoms. The Morgan fingerprint density at radius 2 is 2.07 bits per heavy atom. The van der Waals surface area contributed by atoms with Crippen LogP contribution in [0.5, 0.6) is 0 Å². The van der Waals surface area contributed by atoms with Crippen molar-refractivity contribution in [3.8, 4) is 0 Å². The van der Waals surface area contributed by atoms with Crippen molar-refractivity contribution in [3.63, 3.8) is 0 Å². The Morgan fingerprint density at radius 3 is 2.47 bits per heavy atom. The van der Waals surface area contributed by atoms with Gasteiger partial charge in [0.15, 0.2) is 0 Å². The van der Waals surface area contributed by atoms with Gasteiger partial charge in [-0.1, -0.05) is 6.92 Å². The minimum atomic E-state index is -2.75. The number of hydrogen-bond donors (Lipinski definition) is 1. The fourth-order valence-electron chi connectivity index (χ4n) is 1.19. The largest absolute Gasteiger partial charge is 0.369 e. The molecule has 0 unspecified atom stereocenters. The second-order valence-corrected chi connectivity index (χ2v) is 3.79. The Labute approximate surface area is 86.4 Å². The predicted molar refractivity (Wildman–Crippen MR) is 48.8 cm³/mol. The molecule has 0 aliphatic carbocycles. The highest BCUT2D eigenvalue weighted by Crippen LogP contribution is 2.27. The Kier molecular flexibility index (Phi) is 3.26. The molecule has 1 atom stereocenters. The average molecular weight is 219 g/mol. The zero-order valence-corrected chi connectivity index (χ0v) is 8.37. The second-order valence-electron chi connectivity index (χ2n) is 3.79. The van der Waals surface area contributed by atoms with E-state index >= 15 is 0 Å². The summed E-state index contributed by atoms with van der Waals surface area (Å²) >= 11 is 0. The molecule has 1 rings (SSSR count).